The lowest BCUT2D eigenvalue weighted by Crippen LogP contribution is -2.08. The number of carboxylic acid groups (broad SMARTS) is 1. The van der Waals surface area contributed by atoms with Crippen LogP contribution in [0.15, 0.2) is 30.3 Å². The lowest BCUT2D eigenvalue weighted by atomic mass is 10.1. The van der Waals surface area contributed by atoms with Crippen molar-refractivity contribution in [2.24, 2.45) is 0 Å². The van der Waals surface area contributed by atoms with Gasteiger partial charge >= 0.3 is 12.1 Å². The number of aromatic carboxylic acids is 1. The van der Waals surface area contributed by atoms with Crippen LogP contribution in [0, 0.1) is 5.82 Å². The van der Waals surface area contributed by atoms with Crippen molar-refractivity contribution in [3.63, 3.8) is 0 Å². The average molecular weight is 300 g/mol. The van der Waals surface area contributed by atoms with Crippen molar-refractivity contribution in [1.82, 2.24) is 4.98 Å². The predicted octanol–water partition coefficient (Wildman–Crippen LogP) is 3.19. The molecule has 4 nitrogen and oxygen atoms in total. The maximum atomic E-state index is 13.8. The number of alkyl halides is 3. The smallest absolute Gasteiger partial charge is 0.416 e. The molecule has 0 unspecified atom stereocenters. The van der Waals surface area contributed by atoms with E-state index in [9.17, 15) is 22.4 Å². The van der Waals surface area contributed by atoms with E-state index in [1.165, 1.54) is 12.1 Å². The van der Waals surface area contributed by atoms with Crippen molar-refractivity contribution in [2.75, 3.05) is 5.73 Å². The van der Waals surface area contributed by atoms with Gasteiger partial charge in [0.25, 0.3) is 0 Å². The van der Waals surface area contributed by atoms with Crippen LogP contribution < -0.4 is 5.73 Å². The minimum atomic E-state index is -4.67. The van der Waals surface area contributed by atoms with Crippen LogP contribution in [0.4, 0.5) is 23.2 Å². The van der Waals surface area contributed by atoms with Gasteiger partial charge in [-0.25, -0.2) is 14.2 Å². The zero-order valence-corrected chi connectivity index (χ0v) is 10.3. The summed E-state index contributed by atoms with van der Waals surface area (Å²) in [6.45, 7) is 0. The molecule has 0 atom stereocenters. The summed E-state index contributed by atoms with van der Waals surface area (Å²) in [5.41, 5.74) is 3.28. The Morgan fingerprint density at radius 1 is 1.19 bits per heavy atom. The van der Waals surface area contributed by atoms with Crippen LogP contribution in [0.1, 0.15) is 16.1 Å². The summed E-state index contributed by atoms with van der Waals surface area (Å²) in [6.07, 6.45) is -4.67. The second kappa shape index (κ2) is 5.04. The molecule has 0 aliphatic carbocycles. The highest BCUT2D eigenvalue weighted by molar-refractivity contribution is 5.92. The fourth-order valence-electron chi connectivity index (χ4n) is 1.69. The van der Waals surface area contributed by atoms with Crippen molar-refractivity contribution in [3.8, 4) is 11.3 Å². The molecule has 21 heavy (non-hydrogen) atoms. The van der Waals surface area contributed by atoms with Crippen molar-refractivity contribution < 1.29 is 27.5 Å². The Balaban J connectivity index is 2.53. The Labute approximate surface area is 115 Å². The van der Waals surface area contributed by atoms with E-state index in [0.717, 1.165) is 6.07 Å². The number of carbonyl (C=O) groups is 1. The summed E-state index contributed by atoms with van der Waals surface area (Å²) in [5.74, 6) is -2.57. The minimum Gasteiger partial charge on any atom is -0.476 e. The number of carboxylic acids is 1. The molecule has 1 aromatic heterocycles. The van der Waals surface area contributed by atoms with Gasteiger partial charge in [0.05, 0.1) is 16.9 Å². The van der Waals surface area contributed by atoms with Crippen molar-refractivity contribution in [2.45, 2.75) is 6.18 Å². The molecule has 3 N–H and O–H groups in total. The van der Waals surface area contributed by atoms with E-state index in [2.05, 4.69) is 4.98 Å². The molecular weight excluding hydrogens is 292 g/mol. The van der Waals surface area contributed by atoms with Crippen LogP contribution >= 0.6 is 0 Å². The summed E-state index contributed by atoms with van der Waals surface area (Å²) in [7, 11) is 0. The van der Waals surface area contributed by atoms with E-state index < -0.39 is 29.2 Å². The van der Waals surface area contributed by atoms with Crippen LogP contribution in [-0.4, -0.2) is 16.1 Å². The number of halogens is 4. The van der Waals surface area contributed by atoms with Gasteiger partial charge in [-0.2, -0.15) is 13.2 Å². The van der Waals surface area contributed by atoms with E-state index in [0.29, 0.717) is 12.1 Å². The molecule has 2 aromatic rings. The van der Waals surface area contributed by atoms with Gasteiger partial charge in [-0.05, 0) is 30.3 Å². The molecule has 0 fully saturated rings. The number of aromatic nitrogens is 1. The molecule has 0 bridgehead atoms. The Morgan fingerprint density at radius 3 is 2.38 bits per heavy atom. The van der Waals surface area contributed by atoms with Gasteiger partial charge in [-0.15, -0.1) is 0 Å². The monoisotopic (exact) mass is 300 g/mol. The van der Waals surface area contributed by atoms with Crippen molar-refractivity contribution >= 4 is 11.7 Å². The molecule has 2 rings (SSSR count). The molecule has 8 heteroatoms. The second-order valence-electron chi connectivity index (χ2n) is 4.13. The van der Waals surface area contributed by atoms with Gasteiger partial charge in [0.15, 0.2) is 5.69 Å². The zero-order chi connectivity index (χ0) is 15.8. The fourth-order valence-corrected chi connectivity index (χ4v) is 1.69. The maximum Gasteiger partial charge on any atom is 0.416 e. The Bertz CT molecular complexity index is 714. The summed E-state index contributed by atoms with van der Waals surface area (Å²) >= 11 is 0. The van der Waals surface area contributed by atoms with Crippen LogP contribution in [0.3, 0.4) is 0 Å². The lowest BCUT2D eigenvalue weighted by Gasteiger charge is -2.09. The first kappa shape index (κ1) is 14.8. The number of hydrogen-bond donors (Lipinski definition) is 2. The summed E-state index contributed by atoms with van der Waals surface area (Å²) in [6, 6.07) is 4.34. The molecule has 1 heterocycles. The third-order valence-electron chi connectivity index (χ3n) is 2.70. The quantitative estimate of drug-likeness (QED) is 0.835. The van der Waals surface area contributed by atoms with E-state index in [1.54, 1.807) is 0 Å². The molecule has 0 aliphatic rings. The second-order valence-corrected chi connectivity index (χ2v) is 4.13. The van der Waals surface area contributed by atoms with Crippen LogP contribution in [0.5, 0.6) is 0 Å². The number of nitrogen functional groups attached to an aromatic ring is 1. The number of nitrogens with two attached hydrogens (primary N) is 1. The summed E-state index contributed by atoms with van der Waals surface area (Å²) in [4.78, 5) is 14.5. The molecule has 0 saturated carbocycles. The van der Waals surface area contributed by atoms with Crippen LogP contribution in [0.25, 0.3) is 11.3 Å². The molecular formula is C13H8F4N2O2. The first-order chi connectivity index (χ1) is 9.70. The van der Waals surface area contributed by atoms with Gasteiger partial charge in [0.1, 0.15) is 5.82 Å². The maximum absolute atomic E-state index is 13.8. The number of pyridine rings is 1. The third kappa shape index (κ3) is 2.93. The van der Waals surface area contributed by atoms with Crippen molar-refractivity contribution in [3.05, 3.63) is 47.4 Å². The first-order valence-corrected chi connectivity index (χ1v) is 5.57. The molecule has 0 amide bonds. The van der Waals surface area contributed by atoms with E-state index in [-0.39, 0.29) is 16.9 Å². The first-order valence-electron chi connectivity index (χ1n) is 5.57. The normalized spacial score (nSPS) is 11.4. The number of nitrogens with zero attached hydrogens (tertiary/aromatic N) is 1. The predicted molar refractivity (Wildman–Crippen MR) is 66.0 cm³/mol. The number of benzene rings is 1. The van der Waals surface area contributed by atoms with Gasteiger partial charge in [-0.1, -0.05) is 0 Å². The SMILES string of the molecule is Nc1ccc(-c2ccc(C(F)(F)F)cc2F)nc1C(=O)O. The van der Waals surface area contributed by atoms with E-state index in [4.69, 9.17) is 10.8 Å². The number of hydrogen-bond acceptors (Lipinski definition) is 3. The number of rotatable bonds is 2. The Hall–Kier alpha value is -2.64. The minimum absolute atomic E-state index is 0.118. The standard InChI is InChI=1S/C13H8F4N2O2/c14-8-5-6(13(15,16)17)1-2-7(8)10-4-3-9(18)11(19-10)12(20)21/h1-5H,18H2,(H,20,21). The average Bonchev–Trinajstić information content (AvgIpc) is 2.38. The lowest BCUT2D eigenvalue weighted by molar-refractivity contribution is -0.137. The topological polar surface area (TPSA) is 76.2 Å². The van der Waals surface area contributed by atoms with Gasteiger partial charge in [-0.3, -0.25) is 0 Å². The highest BCUT2D eigenvalue weighted by Gasteiger charge is 2.31. The summed E-state index contributed by atoms with van der Waals surface area (Å²) < 4.78 is 51.1. The molecule has 0 saturated heterocycles. The summed E-state index contributed by atoms with van der Waals surface area (Å²) in [5, 5.41) is 8.87. The van der Waals surface area contributed by atoms with Crippen LogP contribution in [-0.2, 0) is 6.18 Å². The fraction of sp³-hybridized carbons (Fsp3) is 0.0769. The Morgan fingerprint density at radius 2 is 1.86 bits per heavy atom. The zero-order valence-electron chi connectivity index (χ0n) is 10.3. The largest absolute Gasteiger partial charge is 0.476 e. The highest BCUT2D eigenvalue weighted by Crippen LogP contribution is 2.32. The van der Waals surface area contributed by atoms with E-state index >= 15 is 0 Å². The van der Waals surface area contributed by atoms with Gasteiger partial charge in [0.2, 0.25) is 0 Å². The molecule has 1 aromatic carbocycles. The van der Waals surface area contributed by atoms with Crippen LogP contribution in [0.2, 0.25) is 0 Å². The van der Waals surface area contributed by atoms with E-state index in [1.807, 2.05) is 0 Å². The molecule has 0 spiro atoms. The van der Waals surface area contributed by atoms with Gasteiger partial charge < -0.3 is 10.8 Å². The molecule has 110 valence electrons. The van der Waals surface area contributed by atoms with Gasteiger partial charge in [0, 0.05) is 5.56 Å². The molecule has 0 aliphatic heterocycles. The number of anilines is 1. The van der Waals surface area contributed by atoms with Crippen molar-refractivity contribution in [1.29, 1.82) is 0 Å². The Kier molecular flexibility index (Phi) is 3.54. The highest BCUT2D eigenvalue weighted by atomic mass is 19.4. The third-order valence-corrected chi connectivity index (χ3v) is 2.70. The molecule has 0 radical (unpaired) electrons.